The number of para-hydroxylation sites is 1. The lowest BCUT2D eigenvalue weighted by atomic mass is 10.2. The molecule has 2 amide bonds. The zero-order valence-electron chi connectivity index (χ0n) is 14.5. The van der Waals surface area contributed by atoms with Crippen LogP contribution in [0.1, 0.15) is 15.9 Å². The SMILES string of the molecule is O=C(/C=C/c1ccc([N+](=O)[O-])cc1)NC(=S)NNC(=O)c1ccccc1[N+](=O)[O-]. The Bertz CT molecular complexity index is 1010. The van der Waals surface area contributed by atoms with Crippen LogP contribution in [0.5, 0.6) is 0 Å². The van der Waals surface area contributed by atoms with Crippen molar-refractivity contribution in [3.05, 3.63) is 86.0 Å². The zero-order valence-corrected chi connectivity index (χ0v) is 15.3. The summed E-state index contributed by atoms with van der Waals surface area (Å²) in [4.78, 5) is 44.1. The van der Waals surface area contributed by atoms with E-state index in [0.717, 1.165) is 6.08 Å². The number of thiocarbonyl (C=S) groups is 1. The average molecular weight is 415 g/mol. The van der Waals surface area contributed by atoms with E-state index in [-0.39, 0.29) is 22.1 Å². The first-order valence-electron chi connectivity index (χ1n) is 7.85. The summed E-state index contributed by atoms with van der Waals surface area (Å²) in [6, 6.07) is 10.8. The normalized spacial score (nSPS) is 10.2. The van der Waals surface area contributed by atoms with Crippen LogP contribution in [-0.2, 0) is 4.79 Å². The molecule has 0 radical (unpaired) electrons. The molecular weight excluding hydrogens is 402 g/mol. The standard InChI is InChI=1S/C17H13N5O6S/c23-15(10-7-11-5-8-12(9-6-11)21(25)26)18-17(29)20-19-16(24)13-3-1-2-4-14(13)22(27)28/h1-10H,(H,19,24)(H2,18,20,23,29)/b10-7+. The summed E-state index contributed by atoms with van der Waals surface area (Å²) in [6.07, 6.45) is 2.55. The number of nitro benzene ring substituents is 2. The molecular formula is C17H13N5O6S. The first-order valence-corrected chi connectivity index (χ1v) is 8.26. The van der Waals surface area contributed by atoms with Gasteiger partial charge in [-0.3, -0.25) is 46.0 Å². The number of rotatable bonds is 5. The Morgan fingerprint density at radius 1 is 0.931 bits per heavy atom. The van der Waals surface area contributed by atoms with E-state index >= 15 is 0 Å². The number of hydrogen-bond donors (Lipinski definition) is 3. The highest BCUT2D eigenvalue weighted by atomic mass is 32.1. The highest BCUT2D eigenvalue weighted by Gasteiger charge is 2.19. The second-order valence-corrected chi connectivity index (χ2v) is 5.76. The first-order chi connectivity index (χ1) is 13.8. The molecule has 0 bridgehead atoms. The van der Waals surface area contributed by atoms with Crippen molar-refractivity contribution in [3.8, 4) is 0 Å². The van der Waals surface area contributed by atoms with Crippen LogP contribution in [0, 0.1) is 20.2 Å². The molecule has 0 atom stereocenters. The molecule has 0 heterocycles. The third-order valence-corrected chi connectivity index (χ3v) is 3.61. The number of nitrogens with one attached hydrogen (secondary N) is 3. The Hall–Kier alpha value is -4.19. The molecule has 0 fully saturated rings. The van der Waals surface area contributed by atoms with Crippen molar-refractivity contribution >= 4 is 46.6 Å². The third-order valence-electron chi connectivity index (χ3n) is 3.40. The monoisotopic (exact) mass is 415 g/mol. The minimum atomic E-state index is -0.810. The highest BCUT2D eigenvalue weighted by Crippen LogP contribution is 2.17. The van der Waals surface area contributed by atoms with E-state index in [1.165, 1.54) is 54.6 Å². The van der Waals surface area contributed by atoms with Gasteiger partial charge in [-0.2, -0.15) is 0 Å². The van der Waals surface area contributed by atoms with E-state index in [0.29, 0.717) is 5.56 Å². The second-order valence-electron chi connectivity index (χ2n) is 5.35. The average Bonchev–Trinajstić information content (AvgIpc) is 2.70. The predicted molar refractivity (Wildman–Crippen MR) is 107 cm³/mol. The van der Waals surface area contributed by atoms with Gasteiger partial charge < -0.3 is 0 Å². The molecule has 11 nitrogen and oxygen atoms in total. The van der Waals surface area contributed by atoms with Gasteiger partial charge in [-0.1, -0.05) is 12.1 Å². The number of benzene rings is 2. The smallest absolute Gasteiger partial charge is 0.282 e. The van der Waals surface area contributed by atoms with E-state index in [4.69, 9.17) is 12.2 Å². The maximum Gasteiger partial charge on any atom is 0.282 e. The predicted octanol–water partition coefficient (Wildman–Crippen LogP) is 1.85. The molecule has 12 heteroatoms. The highest BCUT2D eigenvalue weighted by molar-refractivity contribution is 7.80. The summed E-state index contributed by atoms with van der Waals surface area (Å²) >= 11 is 4.86. The lowest BCUT2D eigenvalue weighted by molar-refractivity contribution is -0.385. The van der Waals surface area contributed by atoms with Crippen LogP contribution in [-0.4, -0.2) is 26.8 Å². The third kappa shape index (κ3) is 6.18. The quantitative estimate of drug-likeness (QED) is 0.289. The topological polar surface area (TPSA) is 157 Å². The fourth-order valence-corrected chi connectivity index (χ4v) is 2.22. The van der Waals surface area contributed by atoms with Crippen molar-refractivity contribution in [3.63, 3.8) is 0 Å². The van der Waals surface area contributed by atoms with Gasteiger partial charge in [0, 0.05) is 24.3 Å². The summed E-state index contributed by atoms with van der Waals surface area (Å²) < 4.78 is 0. The molecule has 0 aromatic heterocycles. The van der Waals surface area contributed by atoms with Gasteiger partial charge in [-0.05, 0) is 42.1 Å². The van der Waals surface area contributed by atoms with Crippen molar-refractivity contribution in [1.82, 2.24) is 16.2 Å². The van der Waals surface area contributed by atoms with Gasteiger partial charge >= 0.3 is 0 Å². The summed E-state index contributed by atoms with van der Waals surface area (Å²) in [6.45, 7) is 0. The van der Waals surface area contributed by atoms with Crippen molar-refractivity contribution in [1.29, 1.82) is 0 Å². The Labute approximate surface area is 168 Å². The van der Waals surface area contributed by atoms with Gasteiger partial charge in [0.25, 0.3) is 17.3 Å². The van der Waals surface area contributed by atoms with Gasteiger partial charge in [-0.15, -0.1) is 0 Å². The van der Waals surface area contributed by atoms with Gasteiger partial charge in [0.1, 0.15) is 5.56 Å². The van der Waals surface area contributed by atoms with Crippen LogP contribution in [0.25, 0.3) is 6.08 Å². The van der Waals surface area contributed by atoms with E-state index in [2.05, 4.69) is 16.2 Å². The zero-order chi connectivity index (χ0) is 21.4. The molecule has 0 saturated heterocycles. The molecule has 0 saturated carbocycles. The van der Waals surface area contributed by atoms with Gasteiger partial charge in [0.05, 0.1) is 9.85 Å². The molecule has 148 valence electrons. The largest absolute Gasteiger partial charge is 0.298 e. The summed E-state index contributed by atoms with van der Waals surface area (Å²) in [5.41, 5.74) is 4.33. The maximum atomic E-state index is 12.0. The Balaban J connectivity index is 1.87. The fraction of sp³-hybridized carbons (Fsp3) is 0. The van der Waals surface area contributed by atoms with Gasteiger partial charge in [-0.25, -0.2) is 0 Å². The number of carbonyl (C=O) groups excluding carboxylic acids is 2. The van der Waals surface area contributed by atoms with E-state index in [1.807, 2.05) is 0 Å². The molecule has 0 aliphatic rings. The minimum absolute atomic E-state index is 0.0774. The Morgan fingerprint density at radius 2 is 1.59 bits per heavy atom. The number of nitro groups is 2. The number of amides is 2. The molecule has 2 aromatic rings. The fourth-order valence-electron chi connectivity index (χ4n) is 2.07. The van der Waals surface area contributed by atoms with Crippen LogP contribution in [0.2, 0.25) is 0 Å². The molecule has 3 N–H and O–H groups in total. The number of carbonyl (C=O) groups is 2. The molecule has 2 rings (SSSR count). The van der Waals surface area contributed by atoms with Crippen LogP contribution >= 0.6 is 12.2 Å². The lowest BCUT2D eigenvalue weighted by Crippen LogP contribution is -2.48. The molecule has 29 heavy (non-hydrogen) atoms. The van der Waals surface area contributed by atoms with Crippen LogP contribution in [0.15, 0.2) is 54.6 Å². The van der Waals surface area contributed by atoms with Gasteiger partial charge in [0.2, 0.25) is 5.91 Å². The Morgan fingerprint density at radius 3 is 2.21 bits per heavy atom. The lowest BCUT2D eigenvalue weighted by Gasteiger charge is -2.09. The molecule has 2 aromatic carbocycles. The molecule has 0 spiro atoms. The summed E-state index contributed by atoms with van der Waals surface area (Å²) in [5, 5.41) is 23.5. The number of hydrogen-bond acceptors (Lipinski definition) is 7. The van der Waals surface area contributed by atoms with Crippen molar-refractivity contribution in [2.45, 2.75) is 0 Å². The number of nitrogens with zero attached hydrogens (tertiary/aromatic N) is 2. The maximum absolute atomic E-state index is 12.0. The van der Waals surface area contributed by atoms with Crippen LogP contribution in [0.3, 0.4) is 0 Å². The van der Waals surface area contributed by atoms with Crippen molar-refractivity contribution in [2.24, 2.45) is 0 Å². The Kier molecular flexibility index (Phi) is 7.03. The first kappa shape index (κ1) is 21.1. The van der Waals surface area contributed by atoms with E-state index in [9.17, 15) is 29.8 Å². The minimum Gasteiger partial charge on any atom is -0.298 e. The van der Waals surface area contributed by atoms with Crippen LogP contribution < -0.4 is 16.2 Å². The molecule has 0 unspecified atom stereocenters. The summed E-state index contributed by atoms with van der Waals surface area (Å²) in [5.74, 6) is -1.43. The van der Waals surface area contributed by atoms with Crippen molar-refractivity contribution < 1.29 is 19.4 Å². The van der Waals surface area contributed by atoms with E-state index < -0.39 is 21.7 Å². The van der Waals surface area contributed by atoms with E-state index in [1.54, 1.807) is 0 Å². The summed E-state index contributed by atoms with van der Waals surface area (Å²) in [7, 11) is 0. The molecule has 0 aliphatic heterocycles. The van der Waals surface area contributed by atoms with Crippen molar-refractivity contribution in [2.75, 3.05) is 0 Å². The number of non-ortho nitro benzene ring substituents is 1. The van der Waals surface area contributed by atoms with Gasteiger partial charge in [0.15, 0.2) is 5.11 Å². The number of hydrazine groups is 1. The second kappa shape index (κ2) is 9.66. The van der Waals surface area contributed by atoms with Crippen LogP contribution in [0.4, 0.5) is 11.4 Å². The molecule has 0 aliphatic carbocycles.